The number of fused-ring (bicyclic) bond motifs is 5. The Morgan fingerprint density at radius 1 is 1.03 bits per heavy atom. The minimum Gasteiger partial charge on any atom is -0.507 e. The van der Waals surface area contributed by atoms with Gasteiger partial charge in [0.1, 0.15) is 17.6 Å². The highest BCUT2D eigenvalue weighted by atomic mass is 16.6. The number of Topliss-reactive ketones (excluding diaryl/α,β-unsaturated/α-hetero) is 1. The molecule has 0 amide bonds. The second-order valence-corrected chi connectivity index (χ2v) is 7.79. The molecule has 2 aliphatic rings. The van der Waals surface area contributed by atoms with Gasteiger partial charge in [0.25, 0.3) is 0 Å². The Morgan fingerprint density at radius 3 is 2.38 bits per heavy atom. The molecule has 7 heteroatoms. The van der Waals surface area contributed by atoms with E-state index in [1.165, 1.54) is 31.2 Å². The van der Waals surface area contributed by atoms with Crippen molar-refractivity contribution in [2.24, 2.45) is 11.8 Å². The fourth-order valence-electron chi connectivity index (χ4n) is 4.02. The number of rotatable bonds is 2. The van der Waals surface area contributed by atoms with Crippen molar-refractivity contribution in [3.05, 3.63) is 46.5 Å². The first-order valence-electron chi connectivity index (χ1n) is 9.34. The highest BCUT2D eigenvalue weighted by molar-refractivity contribution is 6.25. The van der Waals surface area contributed by atoms with E-state index in [1.54, 1.807) is 13.8 Å². The van der Waals surface area contributed by atoms with Gasteiger partial charge in [-0.05, 0) is 12.1 Å². The molecule has 0 saturated carbocycles. The topological polar surface area (TPSA) is 121 Å². The number of esters is 1. The van der Waals surface area contributed by atoms with Gasteiger partial charge < -0.3 is 20.1 Å². The Hall–Kier alpha value is -3.19. The first-order valence-corrected chi connectivity index (χ1v) is 9.34. The largest absolute Gasteiger partial charge is 0.507 e. The molecule has 29 heavy (non-hydrogen) atoms. The summed E-state index contributed by atoms with van der Waals surface area (Å²) in [6.07, 6.45) is -2.60. The maximum Gasteiger partial charge on any atom is 0.309 e. The summed E-state index contributed by atoms with van der Waals surface area (Å²) < 4.78 is 5.52. The van der Waals surface area contributed by atoms with Gasteiger partial charge in [-0.3, -0.25) is 14.4 Å². The van der Waals surface area contributed by atoms with Crippen LogP contribution < -0.4 is 0 Å². The van der Waals surface area contributed by atoms with Crippen molar-refractivity contribution in [2.75, 3.05) is 0 Å². The van der Waals surface area contributed by atoms with Crippen LogP contribution in [-0.4, -0.2) is 39.0 Å². The summed E-state index contributed by atoms with van der Waals surface area (Å²) >= 11 is 0. The van der Waals surface area contributed by atoms with Gasteiger partial charge in [0.15, 0.2) is 17.7 Å². The van der Waals surface area contributed by atoms with Gasteiger partial charge >= 0.3 is 5.97 Å². The van der Waals surface area contributed by atoms with Crippen molar-refractivity contribution in [3.8, 4) is 22.6 Å². The third-order valence-electron chi connectivity index (χ3n) is 5.61. The summed E-state index contributed by atoms with van der Waals surface area (Å²) in [6, 6.07) is 5.60. The molecule has 0 heterocycles. The zero-order valence-electron chi connectivity index (χ0n) is 16.1. The van der Waals surface area contributed by atoms with Crippen LogP contribution in [0.15, 0.2) is 24.3 Å². The predicted molar refractivity (Wildman–Crippen MR) is 102 cm³/mol. The molecule has 0 bridgehead atoms. The quantitative estimate of drug-likeness (QED) is 0.570. The molecule has 0 aliphatic heterocycles. The van der Waals surface area contributed by atoms with Crippen molar-refractivity contribution in [1.29, 1.82) is 0 Å². The van der Waals surface area contributed by atoms with Crippen LogP contribution in [0.25, 0.3) is 11.1 Å². The molecule has 3 atom stereocenters. The second-order valence-electron chi connectivity index (χ2n) is 7.79. The Bertz CT molecular complexity index is 1080. The Morgan fingerprint density at radius 2 is 1.72 bits per heavy atom. The Kier molecular flexibility index (Phi) is 4.24. The molecule has 0 fully saturated rings. The van der Waals surface area contributed by atoms with Crippen LogP contribution in [0.5, 0.6) is 11.5 Å². The molecular formula is C22H20O7. The van der Waals surface area contributed by atoms with Crippen molar-refractivity contribution in [2.45, 2.75) is 33.0 Å². The molecule has 2 aromatic carbocycles. The second kappa shape index (κ2) is 6.42. The number of carbonyl (C=O) groups excluding carboxylic acids is 3. The van der Waals surface area contributed by atoms with Gasteiger partial charge in [0.2, 0.25) is 0 Å². The van der Waals surface area contributed by atoms with E-state index in [-0.39, 0.29) is 44.9 Å². The van der Waals surface area contributed by atoms with Crippen LogP contribution >= 0.6 is 0 Å². The van der Waals surface area contributed by atoms with Gasteiger partial charge in [-0.1, -0.05) is 32.9 Å². The number of phenols is 2. The van der Waals surface area contributed by atoms with E-state index in [2.05, 4.69) is 0 Å². The summed E-state index contributed by atoms with van der Waals surface area (Å²) in [5.74, 6) is -3.48. The SMILES string of the molecule is CC(C)C(=O)O[C@@H]1c2c(cc(O)c3c2C(=O)c2cccc(O)c2-3)C(=O)[C@H](C)[C@H]1O. The third kappa shape index (κ3) is 2.57. The van der Waals surface area contributed by atoms with E-state index in [9.17, 15) is 29.7 Å². The van der Waals surface area contributed by atoms with Crippen LogP contribution in [0.3, 0.4) is 0 Å². The molecule has 4 rings (SSSR count). The number of ketones is 2. The molecule has 0 radical (unpaired) electrons. The van der Waals surface area contributed by atoms with Crippen LogP contribution in [0.1, 0.15) is 58.7 Å². The summed E-state index contributed by atoms with van der Waals surface area (Å²) in [4.78, 5) is 38.3. The lowest BCUT2D eigenvalue weighted by Gasteiger charge is -2.35. The molecule has 150 valence electrons. The van der Waals surface area contributed by atoms with Crippen molar-refractivity contribution in [1.82, 2.24) is 0 Å². The molecule has 0 unspecified atom stereocenters. The number of hydrogen-bond donors (Lipinski definition) is 3. The maximum atomic E-state index is 13.2. The molecule has 3 N–H and O–H groups in total. The zero-order chi connectivity index (χ0) is 21.2. The van der Waals surface area contributed by atoms with E-state index in [4.69, 9.17) is 4.74 Å². The number of benzene rings is 2. The van der Waals surface area contributed by atoms with Gasteiger partial charge in [-0.25, -0.2) is 0 Å². The normalized spacial score (nSPS) is 22.3. The summed E-state index contributed by atoms with van der Waals surface area (Å²) in [5, 5.41) is 31.6. The molecule has 0 saturated heterocycles. The molecule has 2 aromatic rings. The first kappa shape index (κ1) is 19.1. The average Bonchev–Trinajstić information content (AvgIpc) is 2.98. The number of aliphatic hydroxyl groups is 1. The molecule has 0 aromatic heterocycles. The van der Waals surface area contributed by atoms with Crippen molar-refractivity contribution < 1.29 is 34.4 Å². The van der Waals surface area contributed by atoms with Crippen LogP contribution in [-0.2, 0) is 9.53 Å². The highest BCUT2D eigenvalue weighted by Crippen LogP contribution is 2.52. The molecule has 2 aliphatic carbocycles. The monoisotopic (exact) mass is 396 g/mol. The van der Waals surface area contributed by atoms with E-state index in [1.807, 2.05) is 0 Å². The summed E-state index contributed by atoms with van der Waals surface area (Å²) in [7, 11) is 0. The lowest BCUT2D eigenvalue weighted by atomic mass is 9.76. The van der Waals surface area contributed by atoms with Crippen LogP contribution in [0.2, 0.25) is 0 Å². The fourth-order valence-corrected chi connectivity index (χ4v) is 4.02. The number of aromatic hydroxyl groups is 2. The van der Waals surface area contributed by atoms with Crippen molar-refractivity contribution >= 4 is 17.5 Å². The van der Waals surface area contributed by atoms with E-state index >= 15 is 0 Å². The number of aliphatic hydroxyl groups excluding tert-OH is 1. The van der Waals surface area contributed by atoms with Crippen molar-refractivity contribution in [3.63, 3.8) is 0 Å². The molecule has 7 nitrogen and oxygen atoms in total. The van der Waals surface area contributed by atoms with Crippen LogP contribution in [0.4, 0.5) is 0 Å². The number of phenolic OH excluding ortho intramolecular Hbond substituents is 2. The number of ether oxygens (including phenoxy) is 1. The minimum atomic E-state index is -1.35. The lowest BCUT2D eigenvalue weighted by Crippen LogP contribution is -2.40. The van der Waals surface area contributed by atoms with E-state index in [0.717, 1.165) is 0 Å². The highest BCUT2D eigenvalue weighted by Gasteiger charge is 2.47. The summed E-state index contributed by atoms with van der Waals surface area (Å²) in [5.41, 5.74) is 0.462. The molecular weight excluding hydrogens is 376 g/mol. The molecule has 0 spiro atoms. The van der Waals surface area contributed by atoms with Crippen LogP contribution in [0, 0.1) is 11.8 Å². The van der Waals surface area contributed by atoms with E-state index in [0.29, 0.717) is 0 Å². The standard InChI is InChI=1S/C22H20O7/c1-8(2)22(28)29-21-15-11(18(25)9(3)19(21)26)7-13(24)16-14-10(20(27)17(15)16)5-4-6-12(14)23/h4-9,19,21,23-24,26H,1-3H3/t9-,19+,21+/m0/s1. The number of hydrogen-bond acceptors (Lipinski definition) is 7. The Labute approximate surface area is 166 Å². The average molecular weight is 396 g/mol. The fraction of sp³-hybridized carbons (Fsp3) is 0.318. The third-order valence-corrected chi connectivity index (χ3v) is 5.61. The summed E-state index contributed by atoms with van der Waals surface area (Å²) in [6.45, 7) is 4.76. The van der Waals surface area contributed by atoms with Gasteiger partial charge in [-0.2, -0.15) is 0 Å². The van der Waals surface area contributed by atoms with Gasteiger partial charge in [-0.15, -0.1) is 0 Å². The first-order chi connectivity index (χ1) is 13.6. The zero-order valence-corrected chi connectivity index (χ0v) is 16.1. The predicted octanol–water partition coefficient (Wildman–Crippen LogP) is 2.74. The van der Waals surface area contributed by atoms with E-state index < -0.39 is 41.6 Å². The maximum absolute atomic E-state index is 13.2. The smallest absolute Gasteiger partial charge is 0.309 e. The lowest BCUT2D eigenvalue weighted by molar-refractivity contribution is -0.161. The van der Waals surface area contributed by atoms with Gasteiger partial charge in [0, 0.05) is 39.3 Å². The van der Waals surface area contributed by atoms with Gasteiger partial charge in [0.05, 0.1) is 5.92 Å². The minimum absolute atomic E-state index is 0.0289. The Balaban J connectivity index is 2.03. The number of carbonyl (C=O) groups is 3.